The third kappa shape index (κ3) is 1.63. The van der Waals surface area contributed by atoms with Gasteiger partial charge >= 0.3 is 0 Å². The highest BCUT2D eigenvalue weighted by molar-refractivity contribution is 5.49. The van der Waals surface area contributed by atoms with Gasteiger partial charge in [-0.25, -0.2) is 0 Å². The average Bonchev–Trinajstić information content (AvgIpc) is 2.89. The predicted octanol–water partition coefficient (Wildman–Crippen LogP) is 0.888. The van der Waals surface area contributed by atoms with Crippen molar-refractivity contribution in [2.75, 3.05) is 31.6 Å². The van der Waals surface area contributed by atoms with E-state index >= 15 is 0 Å². The summed E-state index contributed by atoms with van der Waals surface area (Å²) >= 11 is 0. The molecule has 16 heavy (non-hydrogen) atoms. The molecule has 0 aromatic carbocycles. The minimum Gasteiger partial charge on any atom is -0.495 e. The zero-order valence-electron chi connectivity index (χ0n) is 9.52. The minimum absolute atomic E-state index is 0.672. The Morgan fingerprint density at radius 3 is 3.19 bits per heavy atom. The van der Waals surface area contributed by atoms with Crippen molar-refractivity contribution in [1.82, 2.24) is 10.3 Å². The first-order valence-electron chi connectivity index (χ1n) is 5.84. The van der Waals surface area contributed by atoms with Gasteiger partial charge in [-0.1, -0.05) is 0 Å². The predicted molar refractivity (Wildman–Crippen MR) is 62.9 cm³/mol. The normalized spacial score (nSPS) is 28.2. The molecule has 2 aliphatic rings. The van der Waals surface area contributed by atoms with Crippen LogP contribution in [0, 0.1) is 5.92 Å². The fourth-order valence-corrected chi connectivity index (χ4v) is 2.75. The second-order valence-electron chi connectivity index (χ2n) is 4.60. The van der Waals surface area contributed by atoms with Gasteiger partial charge in [-0.05, 0) is 18.9 Å². The molecule has 0 unspecified atom stereocenters. The van der Waals surface area contributed by atoms with E-state index in [1.807, 2.05) is 6.20 Å². The van der Waals surface area contributed by atoms with Crippen LogP contribution >= 0.6 is 0 Å². The Bertz CT molecular complexity index is 370. The summed E-state index contributed by atoms with van der Waals surface area (Å²) in [7, 11) is 1.68. The van der Waals surface area contributed by atoms with E-state index in [0.29, 0.717) is 6.04 Å². The lowest BCUT2D eigenvalue weighted by atomic mass is 10.1. The van der Waals surface area contributed by atoms with Crippen LogP contribution in [0.1, 0.15) is 6.42 Å². The summed E-state index contributed by atoms with van der Waals surface area (Å²) in [6.07, 6.45) is 4.97. The van der Waals surface area contributed by atoms with E-state index < -0.39 is 0 Å². The number of fused-ring (bicyclic) bond motifs is 1. The number of hydrogen-bond donors (Lipinski definition) is 1. The maximum Gasteiger partial charge on any atom is 0.139 e. The Morgan fingerprint density at radius 1 is 1.44 bits per heavy atom. The number of nitrogens with zero attached hydrogens (tertiary/aromatic N) is 2. The molecule has 2 atom stereocenters. The van der Waals surface area contributed by atoms with Crippen LogP contribution in [0.3, 0.4) is 0 Å². The van der Waals surface area contributed by atoms with Crippen LogP contribution in [0.5, 0.6) is 5.75 Å². The Hall–Kier alpha value is -1.29. The van der Waals surface area contributed by atoms with E-state index in [4.69, 9.17) is 4.74 Å². The Balaban J connectivity index is 1.78. The molecule has 86 valence electrons. The van der Waals surface area contributed by atoms with Crippen molar-refractivity contribution in [3.8, 4) is 5.75 Å². The minimum atomic E-state index is 0.672. The molecular weight excluding hydrogens is 202 g/mol. The van der Waals surface area contributed by atoms with Gasteiger partial charge in [0.15, 0.2) is 0 Å². The van der Waals surface area contributed by atoms with Crippen molar-refractivity contribution < 1.29 is 4.74 Å². The summed E-state index contributed by atoms with van der Waals surface area (Å²) in [5.41, 5.74) is 1.18. The molecule has 3 rings (SSSR count). The highest BCUT2D eigenvalue weighted by Crippen LogP contribution is 2.29. The fourth-order valence-electron chi connectivity index (χ4n) is 2.75. The topological polar surface area (TPSA) is 37.4 Å². The van der Waals surface area contributed by atoms with E-state index in [-0.39, 0.29) is 0 Å². The molecule has 0 aliphatic carbocycles. The monoisotopic (exact) mass is 219 g/mol. The molecular formula is C12H17N3O. The van der Waals surface area contributed by atoms with Gasteiger partial charge in [0, 0.05) is 25.2 Å². The van der Waals surface area contributed by atoms with E-state index in [9.17, 15) is 0 Å². The molecule has 0 saturated carbocycles. The smallest absolute Gasteiger partial charge is 0.139 e. The molecule has 0 spiro atoms. The summed E-state index contributed by atoms with van der Waals surface area (Å²) in [5.74, 6) is 1.65. The number of methoxy groups -OCH3 is 1. The van der Waals surface area contributed by atoms with Gasteiger partial charge in [-0.15, -0.1) is 0 Å². The van der Waals surface area contributed by atoms with Crippen LogP contribution in [-0.2, 0) is 0 Å². The Kier molecular flexibility index (Phi) is 2.44. The molecule has 1 aromatic rings. The Morgan fingerprint density at radius 2 is 2.38 bits per heavy atom. The number of rotatable bonds is 2. The van der Waals surface area contributed by atoms with Crippen LogP contribution < -0.4 is 15.0 Å². The summed E-state index contributed by atoms with van der Waals surface area (Å²) in [5, 5.41) is 3.55. The lowest BCUT2D eigenvalue weighted by Crippen LogP contribution is -2.30. The molecule has 0 bridgehead atoms. The number of aromatic nitrogens is 1. The highest BCUT2D eigenvalue weighted by Gasteiger charge is 2.36. The number of hydrogen-bond acceptors (Lipinski definition) is 4. The zero-order chi connectivity index (χ0) is 11.0. The SMILES string of the molecule is COc1cncc(N2C[C@H]3CCN[C@H]3C2)c1. The summed E-state index contributed by atoms with van der Waals surface area (Å²) in [6.45, 7) is 3.42. The number of anilines is 1. The highest BCUT2D eigenvalue weighted by atomic mass is 16.5. The van der Waals surface area contributed by atoms with Gasteiger partial charge in [0.05, 0.1) is 25.2 Å². The lowest BCUT2D eigenvalue weighted by Gasteiger charge is -2.19. The fraction of sp³-hybridized carbons (Fsp3) is 0.583. The largest absolute Gasteiger partial charge is 0.495 e. The third-order valence-corrected chi connectivity index (χ3v) is 3.66. The van der Waals surface area contributed by atoms with E-state index in [2.05, 4.69) is 21.3 Å². The van der Waals surface area contributed by atoms with Gasteiger partial charge in [0.25, 0.3) is 0 Å². The number of ether oxygens (including phenoxy) is 1. The van der Waals surface area contributed by atoms with Crippen molar-refractivity contribution in [3.63, 3.8) is 0 Å². The van der Waals surface area contributed by atoms with Crippen LogP contribution in [-0.4, -0.2) is 37.8 Å². The lowest BCUT2D eigenvalue weighted by molar-refractivity contribution is 0.413. The molecule has 0 radical (unpaired) electrons. The van der Waals surface area contributed by atoms with Crippen LogP contribution in [0.15, 0.2) is 18.5 Å². The molecule has 1 N–H and O–H groups in total. The maximum atomic E-state index is 5.20. The second-order valence-corrected chi connectivity index (χ2v) is 4.60. The third-order valence-electron chi connectivity index (χ3n) is 3.66. The van der Waals surface area contributed by atoms with Gasteiger partial charge < -0.3 is 15.0 Å². The first-order valence-corrected chi connectivity index (χ1v) is 5.84. The summed E-state index contributed by atoms with van der Waals surface area (Å²) in [6, 6.07) is 2.74. The molecule has 2 fully saturated rings. The van der Waals surface area contributed by atoms with E-state index in [1.165, 1.54) is 18.7 Å². The van der Waals surface area contributed by atoms with Crippen molar-refractivity contribution >= 4 is 5.69 Å². The second kappa shape index (κ2) is 3.94. The summed E-state index contributed by atoms with van der Waals surface area (Å²) in [4.78, 5) is 6.61. The van der Waals surface area contributed by atoms with E-state index in [0.717, 1.165) is 24.8 Å². The van der Waals surface area contributed by atoms with Crippen molar-refractivity contribution in [2.45, 2.75) is 12.5 Å². The van der Waals surface area contributed by atoms with Crippen LogP contribution in [0.2, 0.25) is 0 Å². The molecule has 4 nitrogen and oxygen atoms in total. The van der Waals surface area contributed by atoms with E-state index in [1.54, 1.807) is 13.3 Å². The first kappa shape index (κ1) is 9.90. The molecule has 3 heterocycles. The number of nitrogens with one attached hydrogen (secondary N) is 1. The molecule has 2 saturated heterocycles. The van der Waals surface area contributed by atoms with Crippen LogP contribution in [0.4, 0.5) is 5.69 Å². The molecule has 1 aromatic heterocycles. The van der Waals surface area contributed by atoms with Gasteiger partial charge in [0.2, 0.25) is 0 Å². The first-order chi connectivity index (χ1) is 7.86. The molecule has 0 amide bonds. The van der Waals surface area contributed by atoms with Gasteiger partial charge in [0.1, 0.15) is 5.75 Å². The quantitative estimate of drug-likeness (QED) is 0.801. The zero-order valence-corrected chi connectivity index (χ0v) is 9.52. The van der Waals surface area contributed by atoms with Crippen molar-refractivity contribution in [1.29, 1.82) is 0 Å². The maximum absolute atomic E-state index is 5.20. The van der Waals surface area contributed by atoms with Crippen molar-refractivity contribution in [2.24, 2.45) is 5.92 Å². The average molecular weight is 219 g/mol. The van der Waals surface area contributed by atoms with Gasteiger partial charge in [-0.3, -0.25) is 4.98 Å². The standard InChI is InChI=1S/C12H17N3O/c1-16-11-4-10(5-13-6-11)15-7-9-2-3-14-12(9)8-15/h4-6,9,12,14H,2-3,7-8H2,1H3/t9-,12+/m1/s1. The Labute approximate surface area is 95.6 Å². The van der Waals surface area contributed by atoms with Crippen LogP contribution in [0.25, 0.3) is 0 Å². The van der Waals surface area contributed by atoms with Gasteiger partial charge in [-0.2, -0.15) is 0 Å². The summed E-state index contributed by atoms with van der Waals surface area (Å²) < 4.78 is 5.20. The molecule has 2 aliphatic heterocycles. The molecule has 4 heteroatoms. The number of pyridine rings is 1. The van der Waals surface area contributed by atoms with Crippen molar-refractivity contribution in [3.05, 3.63) is 18.5 Å².